The lowest BCUT2D eigenvalue weighted by molar-refractivity contribution is -0.111. The number of benzene rings is 3. The number of para-hydroxylation sites is 1. The maximum Gasteiger partial charge on any atom is 0.248 e. The molecule has 2 aromatic heterocycles. The summed E-state index contributed by atoms with van der Waals surface area (Å²) in [7, 11) is 3.91. The number of hydrogen-bond donors (Lipinski definition) is 4. The highest BCUT2D eigenvalue weighted by molar-refractivity contribution is 5.99. The smallest absolute Gasteiger partial charge is 0.248 e. The van der Waals surface area contributed by atoms with E-state index >= 15 is 0 Å². The van der Waals surface area contributed by atoms with Gasteiger partial charge in [-0.1, -0.05) is 42.5 Å². The third kappa shape index (κ3) is 6.81. The summed E-state index contributed by atoms with van der Waals surface area (Å²) in [6.07, 6.45) is 6.79. The Morgan fingerprint density at radius 1 is 1.07 bits per heavy atom. The van der Waals surface area contributed by atoms with Crippen LogP contribution in [0.1, 0.15) is 16.7 Å². The molecule has 4 N–H and O–H groups in total. The summed E-state index contributed by atoms with van der Waals surface area (Å²) in [6, 6.07) is 23.9. The lowest BCUT2D eigenvalue weighted by atomic mass is 10.1. The number of anilines is 4. The molecule has 0 saturated carbocycles. The van der Waals surface area contributed by atoms with Gasteiger partial charge in [0.15, 0.2) is 0 Å². The van der Waals surface area contributed by atoms with Crippen LogP contribution in [0.3, 0.4) is 0 Å². The maximum atomic E-state index is 12.1. The van der Waals surface area contributed by atoms with Crippen molar-refractivity contribution in [2.45, 2.75) is 13.5 Å². The number of nitriles is 1. The van der Waals surface area contributed by atoms with Crippen LogP contribution in [-0.4, -0.2) is 46.4 Å². The average Bonchev–Trinajstić information content (AvgIpc) is 3.42. The Morgan fingerprint density at radius 2 is 1.86 bits per heavy atom. The van der Waals surface area contributed by atoms with Gasteiger partial charge in [-0.25, -0.2) is 9.97 Å². The third-order valence-corrected chi connectivity index (χ3v) is 6.69. The minimum Gasteiger partial charge on any atom is -0.381 e. The molecule has 0 aliphatic rings. The van der Waals surface area contributed by atoms with Gasteiger partial charge < -0.3 is 25.8 Å². The first-order chi connectivity index (χ1) is 20.4. The second-order valence-electron chi connectivity index (χ2n) is 10.2. The van der Waals surface area contributed by atoms with Crippen molar-refractivity contribution >= 4 is 39.8 Å². The Hall–Kier alpha value is -5.46. The fourth-order valence-corrected chi connectivity index (χ4v) is 4.47. The van der Waals surface area contributed by atoms with Gasteiger partial charge in [-0.15, -0.1) is 0 Å². The van der Waals surface area contributed by atoms with Crippen molar-refractivity contribution in [3.8, 4) is 17.3 Å². The molecule has 0 bridgehead atoms. The van der Waals surface area contributed by atoms with E-state index in [1.165, 1.54) is 0 Å². The molecule has 210 valence electrons. The van der Waals surface area contributed by atoms with Gasteiger partial charge in [-0.3, -0.25) is 4.79 Å². The van der Waals surface area contributed by atoms with Gasteiger partial charge in [-0.2, -0.15) is 5.26 Å². The predicted octanol–water partition coefficient (Wildman–Crippen LogP) is 6.22. The highest BCUT2D eigenvalue weighted by atomic mass is 16.1. The second kappa shape index (κ2) is 12.8. The number of aromatic amines is 1. The van der Waals surface area contributed by atoms with Crippen molar-refractivity contribution in [2.24, 2.45) is 0 Å². The molecule has 3 aromatic carbocycles. The van der Waals surface area contributed by atoms with Crippen molar-refractivity contribution in [2.75, 3.05) is 36.6 Å². The van der Waals surface area contributed by atoms with E-state index in [1.54, 1.807) is 12.3 Å². The summed E-state index contributed by atoms with van der Waals surface area (Å²) in [5.74, 6) is 0.251. The van der Waals surface area contributed by atoms with E-state index in [4.69, 9.17) is 4.98 Å². The highest BCUT2D eigenvalue weighted by Crippen LogP contribution is 2.30. The minimum atomic E-state index is -0.150. The van der Waals surface area contributed by atoms with Crippen molar-refractivity contribution in [1.82, 2.24) is 19.9 Å². The predicted molar refractivity (Wildman–Crippen MR) is 169 cm³/mol. The lowest BCUT2D eigenvalue weighted by Gasteiger charge is -2.13. The Kier molecular flexibility index (Phi) is 8.56. The molecule has 0 radical (unpaired) electrons. The molecule has 0 fully saturated rings. The van der Waals surface area contributed by atoms with Crippen molar-refractivity contribution < 1.29 is 4.79 Å². The number of rotatable bonds is 10. The molecule has 2 heterocycles. The van der Waals surface area contributed by atoms with E-state index in [9.17, 15) is 10.1 Å². The fourth-order valence-electron chi connectivity index (χ4n) is 4.47. The number of carbonyl (C=O) groups excluding carboxylic acids is 1. The zero-order chi connectivity index (χ0) is 29.5. The van der Waals surface area contributed by atoms with Gasteiger partial charge >= 0.3 is 0 Å². The monoisotopic (exact) mass is 556 g/mol. The second-order valence-corrected chi connectivity index (χ2v) is 10.2. The summed E-state index contributed by atoms with van der Waals surface area (Å²) in [4.78, 5) is 26.4. The molecule has 9 heteroatoms. The quantitative estimate of drug-likeness (QED) is 0.151. The minimum absolute atomic E-state index is 0.150. The van der Waals surface area contributed by atoms with E-state index in [1.807, 2.05) is 105 Å². The zero-order valence-electron chi connectivity index (χ0n) is 23.8. The Morgan fingerprint density at radius 3 is 2.64 bits per heavy atom. The fraction of sp³-hybridized carbons (Fsp3) is 0.152. The third-order valence-electron chi connectivity index (χ3n) is 6.69. The number of fused-ring (bicyclic) bond motifs is 1. The summed E-state index contributed by atoms with van der Waals surface area (Å²) < 4.78 is 0. The number of amides is 1. The number of H-pyrrole nitrogens is 1. The van der Waals surface area contributed by atoms with Gasteiger partial charge in [0.1, 0.15) is 6.07 Å². The average molecular weight is 557 g/mol. The van der Waals surface area contributed by atoms with Crippen LogP contribution in [0.4, 0.5) is 23.0 Å². The number of hydrogen-bond acceptors (Lipinski definition) is 7. The van der Waals surface area contributed by atoms with Crippen LogP contribution in [0.25, 0.3) is 22.2 Å². The van der Waals surface area contributed by atoms with Crippen LogP contribution in [0.15, 0.2) is 91.3 Å². The van der Waals surface area contributed by atoms with Crippen molar-refractivity contribution in [1.29, 1.82) is 5.26 Å². The summed E-state index contributed by atoms with van der Waals surface area (Å²) in [5, 5.41) is 20.4. The van der Waals surface area contributed by atoms with Crippen LogP contribution < -0.4 is 16.0 Å². The summed E-state index contributed by atoms with van der Waals surface area (Å²) in [5.41, 5.74) is 7.50. The number of nitrogens with zero attached hydrogens (tertiary/aromatic N) is 4. The Balaban J connectivity index is 1.26. The molecule has 0 aliphatic carbocycles. The van der Waals surface area contributed by atoms with Crippen LogP contribution in [0, 0.1) is 18.3 Å². The summed E-state index contributed by atoms with van der Waals surface area (Å²) in [6.45, 7) is 3.36. The molecule has 5 rings (SSSR count). The number of nitrogens with one attached hydrogen (secondary N) is 4. The SMILES string of the molecule is Cc1ccc(Nc2ncc(C#N)c(-c3c[nH]c4ccccc34)n2)cc1NCc1ccc(NC(=O)/C=C/CN(C)C)cc1. The van der Waals surface area contributed by atoms with Gasteiger partial charge in [0, 0.05) is 58.9 Å². The van der Waals surface area contributed by atoms with Gasteiger partial charge in [-0.05, 0) is 62.5 Å². The van der Waals surface area contributed by atoms with Crippen LogP contribution >= 0.6 is 0 Å². The van der Waals surface area contributed by atoms with Crippen LogP contribution in [0.5, 0.6) is 0 Å². The molecular formula is C33H32N8O. The van der Waals surface area contributed by atoms with Gasteiger partial charge in [0.25, 0.3) is 0 Å². The van der Waals surface area contributed by atoms with E-state index < -0.39 is 0 Å². The normalized spacial score (nSPS) is 11.1. The molecule has 0 spiro atoms. The van der Waals surface area contributed by atoms with Crippen molar-refractivity contribution in [3.05, 3.63) is 108 Å². The van der Waals surface area contributed by atoms with E-state index in [0.717, 1.165) is 44.7 Å². The summed E-state index contributed by atoms with van der Waals surface area (Å²) >= 11 is 0. The molecule has 0 aliphatic heterocycles. The number of aromatic nitrogens is 3. The number of carbonyl (C=O) groups is 1. The highest BCUT2D eigenvalue weighted by Gasteiger charge is 2.14. The molecule has 0 atom stereocenters. The first-order valence-electron chi connectivity index (χ1n) is 13.6. The molecule has 0 saturated heterocycles. The largest absolute Gasteiger partial charge is 0.381 e. The van der Waals surface area contributed by atoms with Crippen LogP contribution in [-0.2, 0) is 11.3 Å². The molecule has 9 nitrogen and oxygen atoms in total. The lowest BCUT2D eigenvalue weighted by Crippen LogP contribution is -2.12. The van der Waals surface area contributed by atoms with E-state index in [0.29, 0.717) is 30.3 Å². The standard InChI is InChI=1S/C33H32N8O/c1-22-10-13-26(17-30(22)35-19-23-11-14-25(15-12-23)38-31(42)9-6-16-41(2)3)39-33-37-20-24(18-34)32(40-33)28-21-36-29-8-5-4-7-27(28)29/h4-15,17,20-21,35-36H,16,19H2,1-3H3,(H,38,42)(H,37,39,40)/b9-6+. The molecule has 42 heavy (non-hydrogen) atoms. The number of aryl methyl sites for hydroxylation is 1. The Labute approximate surface area is 244 Å². The van der Waals surface area contributed by atoms with Gasteiger partial charge in [0.2, 0.25) is 11.9 Å². The molecular weight excluding hydrogens is 524 g/mol. The molecule has 0 unspecified atom stereocenters. The van der Waals surface area contributed by atoms with Crippen molar-refractivity contribution in [3.63, 3.8) is 0 Å². The first-order valence-corrected chi connectivity index (χ1v) is 13.6. The first kappa shape index (κ1) is 28.1. The van der Waals surface area contributed by atoms with Crippen LogP contribution in [0.2, 0.25) is 0 Å². The van der Waals surface area contributed by atoms with E-state index in [-0.39, 0.29) is 5.91 Å². The maximum absolute atomic E-state index is 12.1. The zero-order valence-corrected chi connectivity index (χ0v) is 23.8. The topological polar surface area (TPSA) is 122 Å². The van der Waals surface area contributed by atoms with E-state index in [2.05, 4.69) is 32.0 Å². The van der Waals surface area contributed by atoms with Gasteiger partial charge in [0.05, 0.1) is 17.5 Å². The molecule has 5 aromatic rings. The number of likely N-dealkylation sites (N-methyl/N-ethyl adjacent to an activating group) is 1. The Bertz CT molecular complexity index is 1780. The molecule has 1 amide bonds.